The van der Waals surface area contributed by atoms with Crippen molar-refractivity contribution in [3.63, 3.8) is 0 Å². The van der Waals surface area contributed by atoms with E-state index in [1.807, 2.05) is 19.2 Å². The fourth-order valence-electron chi connectivity index (χ4n) is 3.78. The van der Waals surface area contributed by atoms with Crippen LogP contribution in [0.5, 0.6) is 0 Å². The van der Waals surface area contributed by atoms with Gasteiger partial charge in [-0.3, -0.25) is 19.7 Å². The molecule has 164 valence electrons. The number of hydrogen-bond donors (Lipinski definition) is 1. The van der Waals surface area contributed by atoms with Crippen molar-refractivity contribution in [2.75, 3.05) is 18.4 Å². The summed E-state index contributed by atoms with van der Waals surface area (Å²) in [6, 6.07) is 3.18. The van der Waals surface area contributed by atoms with Crippen LogP contribution in [0.4, 0.5) is 13.9 Å². The zero-order valence-corrected chi connectivity index (χ0v) is 18.2. The lowest BCUT2D eigenvalue weighted by atomic mass is 10.1. The van der Waals surface area contributed by atoms with Gasteiger partial charge in [0.2, 0.25) is 0 Å². The molecule has 0 radical (unpaired) electrons. The number of benzene rings is 1. The van der Waals surface area contributed by atoms with E-state index in [2.05, 4.69) is 20.3 Å². The molecule has 7 nitrogen and oxygen atoms in total. The summed E-state index contributed by atoms with van der Waals surface area (Å²) in [5.74, 6) is -1.93. The van der Waals surface area contributed by atoms with Crippen LogP contribution in [0.25, 0.3) is 11.3 Å². The Hall–Kier alpha value is -2.69. The predicted octanol–water partition coefficient (Wildman–Crippen LogP) is 3.68. The van der Waals surface area contributed by atoms with Crippen molar-refractivity contribution in [2.24, 2.45) is 7.05 Å². The molecule has 10 heteroatoms. The molecule has 0 spiro atoms. The molecule has 2 aromatic heterocycles. The average Bonchev–Trinajstić information content (AvgIpc) is 3.27. The zero-order chi connectivity index (χ0) is 22.1. The highest BCUT2D eigenvalue weighted by Crippen LogP contribution is 2.27. The van der Waals surface area contributed by atoms with Crippen molar-refractivity contribution in [3.8, 4) is 11.3 Å². The van der Waals surface area contributed by atoms with Crippen LogP contribution in [0.1, 0.15) is 29.9 Å². The molecule has 1 aromatic carbocycles. The lowest BCUT2D eigenvalue weighted by molar-refractivity contribution is -0.0707. The van der Waals surface area contributed by atoms with Crippen LogP contribution in [-0.4, -0.2) is 50.9 Å². The van der Waals surface area contributed by atoms with Gasteiger partial charge in [-0.15, -0.1) is 11.3 Å². The van der Waals surface area contributed by atoms with Crippen molar-refractivity contribution in [1.82, 2.24) is 19.7 Å². The quantitative estimate of drug-likeness (QED) is 0.646. The number of rotatable bonds is 5. The highest BCUT2D eigenvalue weighted by atomic mass is 32.1. The van der Waals surface area contributed by atoms with Crippen LogP contribution in [-0.2, 0) is 18.3 Å². The number of morpholine rings is 1. The number of halogens is 2. The number of aryl methyl sites for hydroxylation is 1. The van der Waals surface area contributed by atoms with Gasteiger partial charge in [0.25, 0.3) is 5.91 Å². The zero-order valence-electron chi connectivity index (χ0n) is 17.4. The lowest BCUT2D eigenvalue weighted by Gasteiger charge is -2.34. The van der Waals surface area contributed by atoms with Crippen molar-refractivity contribution in [1.29, 1.82) is 0 Å². The van der Waals surface area contributed by atoms with Crippen LogP contribution in [0.15, 0.2) is 29.8 Å². The van der Waals surface area contributed by atoms with E-state index < -0.39 is 17.5 Å². The molecule has 0 aliphatic carbocycles. The summed E-state index contributed by atoms with van der Waals surface area (Å²) in [7, 11) is 1.63. The SMILES string of the molecule is CC1CN(Cc2csc(NC(=O)c3cn(C)nc3-c3ccc(F)cc3F)n2)CC(C)O1. The molecular formula is C21H23F2N5O2S. The van der Waals surface area contributed by atoms with Crippen LogP contribution in [0.3, 0.4) is 0 Å². The van der Waals surface area contributed by atoms with Crippen LogP contribution >= 0.6 is 11.3 Å². The Labute approximate surface area is 182 Å². The van der Waals surface area contributed by atoms with Crippen molar-refractivity contribution >= 4 is 22.4 Å². The van der Waals surface area contributed by atoms with Crippen LogP contribution < -0.4 is 5.32 Å². The number of aromatic nitrogens is 3. The van der Waals surface area contributed by atoms with Crippen molar-refractivity contribution in [2.45, 2.75) is 32.6 Å². The molecule has 3 aromatic rings. The van der Waals surface area contributed by atoms with E-state index in [0.29, 0.717) is 11.7 Å². The minimum Gasteiger partial charge on any atom is -0.373 e. The average molecular weight is 448 g/mol. The number of thiazole rings is 1. The first kappa shape index (κ1) is 21.5. The van der Waals surface area contributed by atoms with Gasteiger partial charge < -0.3 is 4.74 Å². The van der Waals surface area contributed by atoms with E-state index in [1.165, 1.54) is 28.3 Å². The Morgan fingerprint density at radius 1 is 1.29 bits per heavy atom. The number of amides is 1. The number of nitrogens with one attached hydrogen (secondary N) is 1. The van der Waals surface area contributed by atoms with E-state index in [-0.39, 0.29) is 29.0 Å². The maximum Gasteiger partial charge on any atom is 0.261 e. The maximum atomic E-state index is 14.3. The summed E-state index contributed by atoms with van der Waals surface area (Å²) in [5, 5.41) is 9.31. The third kappa shape index (κ3) is 4.97. The largest absolute Gasteiger partial charge is 0.373 e. The van der Waals surface area contributed by atoms with Gasteiger partial charge in [0, 0.05) is 49.9 Å². The minimum absolute atomic E-state index is 0.0579. The summed E-state index contributed by atoms with van der Waals surface area (Å²) in [6.45, 7) is 6.41. The molecule has 1 aliphatic heterocycles. The minimum atomic E-state index is -0.779. The van der Waals surface area contributed by atoms with Gasteiger partial charge in [-0.1, -0.05) is 0 Å². The highest BCUT2D eigenvalue weighted by molar-refractivity contribution is 7.14. The monoisotopic (exact) mass is 447 g/mol. The molecule has 0 saturated carbocycles. The van der Waals surface area contributed by atoms with Gasteiger partial charge in [0.1, 0.15) is 17.3 Å². The molecule has 3 heterocycles. The van der Waals surface area contributed by atoms with Crippen molar-refractivity contribution in [3.05, 3.63) is 52.7 Å². The predicted molar refractivity (Wildman–Crippen MR) is 114 cm³/mol. The third-order valence-electron chi connectivity index (χ3n) is 4.91. The first-order chi connectivity index (χ1) is 14.8. The fraction of sp³-hybridized carbons (Fsp3) is 0.381. The number of nitrogens with zero attached hydrogens (tertiary/aromatic N) is 4. The summed E-state index contributed by atoms with van der Waals surface area (Å²) in [6.07, 6.45) is 1.83. The topological polar surface area (TPSA) is 72.3 Å². The molecule has 1 amide bonds. The maximum absolute atomic E-state index is 14.3. The number of carbonyl (C=O) groups is 1. The molecule has 4 rings (SSSR count). The van der Waals surface area contributed by atoms with Gasteiger partial charge in [-0.25, -0.2) is 13.8 Å². The molecule has 2 unspecified atom stereocenters. The Bertz CT molecular complexity index is 1090. The van der Waals surface area contributed by atoms with Gasteiger partial charge in [-0.05, 0) is 26.0 Å². The molecule has 1 N–H and O–H groups in total. The van der Waals surface area contributed by atoms with E-state index in [4.69, 9.17) is 4.74 Å². The standard InChI is InChI=1S/C21H23F2N5O2S/c1-12-7-28(8-13(2)30-12)9-15-11-31-21(24-15)25-20(29)17-10-27(3)26-19(17)16-5-4-14(22)6-18(16)23/h4-6,10-13H,7-9H2,1-3H3,(H,24,25,29). The van der Waals surface area contributed by atoms with Crippen LogP contribution in [0.2, 0.25) is 0 Å². The van der Waals surface area contributed by atoms with E-state index in [0.717, 1.165) is 30.9 Å². The van der Waals surface area contributed by atoms with Gasteiger partial charge in [0.15, 0.2) is 5.13 Å². The van der Waals surface area contributed by atoms with Gasteiger partial charge in [0.05, 0.1) is 23.5 Å². The number of anilines is 1. The second kappa shape index (κ2) is 8.81. The smallest absolute Gasteiger partial charge is 0.261 e. The number of carbonyl (C=O) groups excluding carboxylic acids is 1. The highest BCUT2D eigenvalue weighted by Gasteiger charge is 2.24. The molecular weight excluding hydrogens is 424 g/mol. The summed E-state index contributed by atoms with van der Waals surface area (Å²) in [5.41, 5.74) is 1.24. The van der Waals surface area contributed by atoms with Crippen LogP contribution in [0, 0.1) is 11.6 Å². The normalized spacial score (nSPS) is 19.5. The molecule has 0 bridgehead atoms. The molecule has 31 heavy (non-hydrogen) atoms. The van der Waals surface area contributed by atoms with Gasteiger partial charge >= 0.3 is 0 Å². The third-order valence-corrected chi connectivity index (χ3v) is 5.72. The first-order valence-electron chi connectivity index (χ1n) is 9.91. The molecule has 1 fully saturated rings. The molecule has 1 saturated heterocycles. The Balaban J connectivity index is 1.48. The second-order valence-corrected chi connectivity index (χ2v) is 8.60. The van der Waals surface area contributed by atoms with Crippen molar-refractivity contribution < 1.29 is 18.3 Å². The second-order valence-electron chi connectivity index (χ2n) is 7.74. The molecule has 2 atom stereocenters. The number of hydrogen-bond acceptors (Lipinski definition) is 6. The summed E-state index contributed by atoms with van der Waals surface area (Å²) in [4.78, 5) is 19.6. The first-order valence-corrected chi connectivity index (χ1v) is 10.8. The summed E-state index contributed by atoms with van der Waals surface area (Å²) < 4.78 is 34.7. The fourth-order valence-corrected chi connectivity index (χ4v) is 4.48. The Kier molecular flexibility index (Phi) is 6.12. The Morgan fingerprint density at radius 3 is 2.74 bits per heavy atom. The van der Waals surface area contributed by atoms with Gasteiger partial charge in [-0.2, -0.15) is 5.10 Å². The van der Waals surface area contributed by atoms with E-state index >= 15 is 0 Å². The van der Waals surface area contributed by atoms with E-state index in [1.54, 1.807) is 7.05 Å². The molecule has 1 aliphatic rings. The lowest BCUT2D eigenvalue weighted by Crippen LogP contribution is -2.44. The Morgan fingerprint density at radius 2 is 2.03 bits per heavy atom. The number of ether oxygens (including phenoxy) is 1. The van der Waals surface area contributed by atoms with E-state index in [9.17, 15) is 13.6 Å². The summed E-state index contributed by atoms with van der Waals surface area (Å²) >= 11 is 1.32.